The first-order valence-corrected chi connectivity index (χ1v) is 7.09. The molecule has 1 aromatic carbocycles. The first kappa shape index (κ1) is 13.3. The topological polar surface area (TPSA) is 49.3 Å². The molecule has 0 radical (unpaired) electrons. The van der Waals surface area contributed by atoms with Crippen LogP contribution < -0.4 is 4.90 Å². The quantitative estimate of drug-likeness (QED) is 0.862. The van der Waals surface area contributed by atoms with Crippen LogP contribution in [0.25, 0.3) is 0 Å². The molecular weight excluding hydrogens is 274 g/mol. The lowest BCUT2D eigenvalue weighted by molar-refractivity contribution is 0.281. The number of nitrogens with zero attached hydrogens (tertiary/aromatic N) is 3. The van der Waals surface area contributed by atoms with Gasteiger partial charge >= 0.3 is 0 Å². The molecule has 0 amide bonds. The van der Waals surface area contributed by atoms with E-state index in [2.05, 4.69) is 39.1 Å². The van der Waals surface area contributed by atoms with Gasteiger partial charge in [-0.1, -0.05) is 35.9 Å². The van der Waals surface area contributed by atoms with Gasteiger partial charge in [0.1, 0.15) is 17.3 Å². The Morgan fingerprint density at radius 3 is 2.35 bits per heavy atom. The summed E-state index contributed by atoms with van der Waals surface area (Å²) in [5.41, 5.74) is 3.39. The Balaban J connectivity index is 1.89. The van der Waals surface area contributed by atoms with Crippen LogP contribution in [-0.4, -0.2) is 28.2 Å². The number of aromatic nitrogens is 2. The van der Waals surface area contributed by atoms with Crippen molar-refractivity contribution in [3.8, 4) is 0 Å². The van der Waals surface area contributed by atoms with Gasteiger partial charge in [-0.3, -0.25) is 0 Å². The van der Waals surface area contributed by atoms with E-state index in [1.54, 1.807) is 0 Å². The zero-order valence-corrected chi connectivity index (χ0v) is 11.8. The second-order valence-electron chi connectivity index (χ2n) is 4.88. The summed E-state index contributed by atoms with van der Waals surface area (Å²) in [5.74, 6) is 0.750. The van der Waals surface area contributed by atoms with Gasteiger partial charge in [-0.15, -0.1) is 0 Å². The molecule has 0 unspecified atom stereocenters. The van der Waals surface area contributed by atoms with Gasteiger partial charge < -0.3 is 10.0 Å². The fraction of sp³-hybridized carbons (Fsp3) is 0.333. The van der Waals surface area contributed by atoms with Crippen molar-refractivity contribution < 1.29 is 5.11 Å². The van der Waals surface area contributed by atoms with Crippen LogP contribution in [0, 0.1) is 0 Å². The molecule has 1 N–H and O–H groups in total. The van der Waals surface area contributed by atoms with E-state index in [4.69, 9.17) is 11.6 Å². The summed E-state index contributed by atoms with van der Waals surface area (Å²) in [7, 11) is 0. The van der Waals surface area contributed by atoms with Gasteiger partial charge in [0.25, 0.3) is 0 Å². The molecule has 0 bridgehead atoms. The molecule has 0 aliphatic carbocycles. The Hall–Kier alpha value is -1.65. The maximum absolute atomic E-state index is 9.48. The number of anilines is 1. The Labute approximate surface area is 123 Å². The number of rotatable bonds is 2. The van der Waals surface area contributed by atoms with E-state index in [0.29, 0.717) is 10.7 Å². The van der Waals surface area contributed by atoms with Gasteiger partial charge in [-0.25, -0.2) is 9.97 Å². The molecule has 0 saturated heterocycles. The van der Waals surface area contributed by atoms with Crippen molar-refractivity contribution in [1.82, 2.24) is 9.97 Å². The molecule has 0 fully saturated rings. The average molecular weight is 290 g/mol. The molecule has 3 rings (SSSR count). The molecule has 5 heteroatoms. The van der Waals surface area contributed by atoms with Crippen LogP contribution in [0.4, 0.5) is 5.82 Å². The Kier molecular flexibility index (Phi) is 3.85. The van der Waals surface area contributed by atoms with E-state index in [1.807, 2.05) is 0 Å². The summed E-state index contributed by atoms with van der Waals surface area (Å²) in [5, 5.41) is 9.82. The zero-order valence-electron chi connectivity index (χ0n) is 11.1. The lowest BCUT2D eigenvalue weighted by Gasteiger charge is -2.23. The third kappa shape index (κ3) is 2.49. The van der Waals surface area contributed by atoms with Crippen molar-refractivity contribution in [2.45, 2.75) is 19.4 Å². The summed E-state index contributed by atoms with van der Waals surface area (Å²) in [4.78, 5) is 10.4. The molecule has 0 spiro atoms. The highest BCUT2D eigenvalue weighted by atomic mass is 35.5. The van der Waals surface area contributed by atoms with E-state index < -0.39 is 0 Å². The maximum Gasteiger partial charge on any atom is 0.140 e. The average Bonchev–Trinajstić information content (AvgIpc) is 2.69. The molecule has 2 heterocycles. The van der Waals surface area contributed by atoms with Gasteiger partial charge in [0.15, 0.2) is 0 Å². The summed E-state index contributed by atoms with van der Waals surface area (Å²) in [6, 6.07) is 8.52. The van der Waals surface area contributed by atoms with Crippen LogP contribution >= 0.6 is 11.6 Å². The molecule has 20 heavy (non-hydrogen) atoms. The molecule has 0 saturated carbocycles. The molecule has 1 aliphatic rings. The maximum atomic E-state index is 9.48. The minimum atomic E-state index is -0.140. The van der Waals surface area contributed by atoms with E-state index in [1.165, 1.54) is 17.5 Å². The van der Waals surface area contributed by atoms with Crippen molar-refractivity contribution >= 4 is 17.4 Å². The standard InChI is InChI=1S/C15H16ClN3O/c16-14-13(9-20)15(18-10-17-14)19-7-5-11-3-1-2-4-12(11)6-8-19/h1-4,10,20H,5-9H2. The number of aliphatic hydroxyl groups is 1. The molecule has 1 aromatic heterocycles. The normalized spacial score (nSPS) is 14.8. The number of benzene rings is 1. The van der Waals surface area contributed by atoms with Crippen LogP contribution in [0.15, 0.2) is 30.6 Å². The number of hydrogen-bond donors (Lipinski definition) is 1. The van der Waals surface area contributed by atoms with Crippen molar-refractivity contribution in [3.05, 3.63) is 52.4 Å². The Morgan fingerprint density at radius 1 is 1.10 bits per heavy atom. The SMILES string of the molecule is OCc1c(Cl)ncnc1N1CCc2ccccc2CC1. The second kappa shape index (κ2) is 5.77. The van der Waals surface area contributed by atoms with Crippen LogP contribution in [-0.2, 0) is 19.4 Å². The van der Waals surface area contributed by atoms with E-state index in [9.17, 15) is 5.11 Å². The highest BCUT2D eigenvalue weighted by Gasteiger charge is 2.19. The molecule has 4 nitrogen and oxygen atoms in total. The molecule has 2 aromatic rings. The number of halogens is 1. The third-order valence-corrected chi connectivity index (χ3v) is 4.07. The summed E-state index contributed by atoms with van der Waals surface area (Å²) >= 11 is 6.04. The Morgan fingerprint density at radius 2 is 1.75 bits per heavy atom. The number of fused-ring (bicyclic) bond motifs is 1. The monoisotopic (exact) mass is 289 g/mol. The van der Waals surface area contributed by atoms with Crippen molar-refractivity contribution in [2.75, 3.05) is 18.0 Å². The Bertz CT molecular complexity index is 591. The summed E-state index contributed by atoms with van der Waals surface area (Å²) < 4.78 is 0. The van der Waals surface area contributed by atoms with Crippen molar-refractivity contribution in [3.63, 3.8) is 0 Å². The van der Waals surface area contributed by atoms with Crippen LogP contribution in [0.2, 0.25) is 5.15 Å². The first-order valence-electron chi connectivity index (χ1n) is 6.71. The van der Waals surface area contributed by atoms with Gasteiger partial charge in [-0.05, 0) is 24.0 Å². The predicted molar refractivity (Wildman–Crippen MR) is 79.0 cm³/mol. The molecular formula is C15H16ClN3O. The predicted octanol–water partition coefficient (Wildman–Crippen LogP) is 2.23. The molecule has 1 aliphatic heterocycles. The van der Waals surface area contributed by atoms with E-state index in [0.717, 1.165) is 31.7 Å². The zero-order chi connectivity index (χ0) is 13.9. The van der Waals surface area contributed by atoms with Crippen LogP contribution in [0.5, 0.6) is 0 Å². The fourth-order valence-corrected chi connectivity index (χ4v) is 2.86. The fourth-order valence-electron chi connectivity index (χ4n) is 2.67. The lowest BCUT2D eigenvalue weighted by atomic mass is 10.0. The van der Waals surface area contributed by atoms with Crippen LogP contribution in [0.1, 0.15) is 16.7 Å². The summed E-state index contributed by atoms with van der Waals surface area (Å²) in [6.45, 7) is 1.60. The third-order valence-electron chi connectivity index (χ3n) is 3.75. The van der Waals surface area contributed by atoms with Gasteiger partial charge in [-0.2, -0.15) is 0 Å². The minimum Gasteiger partial charge on any atom is -0.391 e. The second-order valence-corrected chi connectivity index (χ2v) is 5.24. The first-order chi connectivity index (χ1) is 9.79. The highest BCUT2D eigenvalue weighted by Crippen LogP contribution is 2.25. The molecule has 0 atom stereocenters. The number of hydrogen-bond acceptors (Lipinski definition) is 4. The lowest BCUT2D eigenvalue weighted by Crippen LogP contribution is -2.28. The largest absolute Gasteiger partial charge is 0.391 e. The van der Waals surface area contributed by atoms with E-state index >= 15 is 0 Å². The van der Waals surface area contributed by atoms with Gasteiger partial charge in [0, 0.05) is 13.1 Å². The molecule has 104 valence electrons. The van der Waals surface area contributed by atoms with Gasteiger partial charge in [0.2, 0.25) is 0 Å². The highest BCUT2D eigenvalue weighted by molar-refractivity contribution is 6.30. The van der Waals surface area contributed by atoms with Crippen molar-refractivity contribution in [2.24, 2.45) is 0 Å². The van der Waals surface area contributed by atoms with Crippen LogP contribution in [0.3, 0.4) is 0 Å². The summed E-state index contributed by atoms with van der Waals surface area (Å²) in [6.07, 6.45) is 3.40. The van der Waals surface area contributed by atoms with Gasteiger partial charge in [0.05, 0.1) is 12.2 Å². The van der Waals surface area contributed by atoms with Crippen molar-refractivity contribution in [1.29, 1.82) is 0 Å². The smallest absolute Gasteiger partial charge is 0.140 e. The number of aliphatic hydroxyl groups excluding tert-OH is 1. The van der Waals surface area contributed by atoms with E-state index in [-0.39, 0.29) is 6.61 Å². The minimum absolute atomic E-state index is 0.140.